The molecule has 1 amide bonds. The molecule has 0 saturated heterocycles. The largest absolute Gasteiger partial charge is 0.354 e. The van der Waals surface area contributed by atoms with Crippen molar-refractivity contribution in [2.75, 3.05) is 6.54 Å². The molecule has 0 bridgehead atoms. The van der Waals surface area contributed by atoms with E-state index < -0.39 is 0 Å². The molecule has 0 spiro atoms. The van der Waals surface area contributed by atoms with Gasteiger partial charge in [0.25, 0.3) is 0 Å². The van der Waals surface area contributed by atoms with E-state index in [1.54, 1.807) is 22.6 Å². The number of carbonyl (C=O) groups is 2. The lowest BCUT2D eigenvalue weighted by atomic mass is 10.1. The number of aromatic nitrogens is 5. The van der Waals surface area contributed by atoms with Crippen molar-refractivity contribution in [1.29, 1.82) is 0 Å². The van der Waals surface area contributed by atoms with Crippen molar-refractivity contribution in [1.82, 2.24) is 29.9 Å². The summed E-state index contributed by atoms with van der Waals surface area (Å²) in [5, 5.41) is 11.1. The molecular formula is C14H20N6O2. The number of nitrogens with one attached hydrogen (secondary N) is 1. The SMILES string of the molecule is CC(=O)c1c(C)nn(CCC(=O)NCCn2cncn2)c1C. The fourth-order valence-corrected chi connectivity index (χ4v) is 2.38. The van der Waals surface area contributed by atoms with Crippen LogP contribution in [0.3, 0.4) is 0 Å². The lowest BCUT2D eigenvalue weighted by molar-refractivity contribution is -0.121. The zero-order valence-corrected chi connectivity index (χ0v) is 13.0. The number of Topliss-reactive ketones (excluding diaryl/α,β-unsaturated/α-hetero) is 1. The van der Waals surface area contributed by atoms with Crippen molar-refractivity contribution in [3.05, 3.63) is 29.6 Å². The molecule has 22 heavy (non-hydrogen) atoms. The Balaban J connectivity index is 1.81. The molecule has 2 aromatic rings. The number of carbonyl (C=O) groups excluding carboxylic acids is 2. The van der Waals surface area contributed by atoms with Crippen molar-refractivity contribution < 1.29 is 9.59 Å². The van der Waals surface area contributed by atoms with E-state index in [-0.39, 0.29) is 11.7 Å². The maximum atomic E-state index is 11.8. The third-order valence-electron chi connectivity index (χ3n) is 3.41. The molecule has 2 rings (SSSR count). The molecule has 0 aliphatic carbocycles. The van der Waals surface area contributed by atoms with E-state index in [0.29, 0.717) is 37.3 Å². The summed E-state index contributed by atoms with van der Waals surface area (Å²) >= 11 is 0. The van der Waals surface area contributed by atoms with E-state index in [4.69, 9.17) is 0 Å². The summed E-state index contributed by atoms with van der Waals surface area (Å²) < 4.78 is 3.36. The Bertz CT molecular complexity index is 659. The Morgan fingerprint density at radius 1 is 1.27 bits per heavy atom. The predicted molar refractivity (Wildman–Crippen MR) is 79.4 cm³/mol. The van der Waals surface area contributed by atoms with Crippen LogP contribution < -0.4 is 5.32 Å². The Kier molecular flexibility index (Phi) is 5.03. The quantitative estimate of drug-likeness (QED) is 0.752. The van der Waals surface area contributed by atoms with Crippen LogP contribution in [0.1, 0.15) is 35.1 Å². The first-order chi connectivity index (χ1) is 10.5. The summed E-state index contributed by atoms with van der Waals surface area (Å²) in [6.07, 6.45) is 3.37. The van der Waals surface area contributed by atoms with E-state index in [1.165, 1.54) is 13.3 Å². The summed E-state index contributed by atoms with van der Waals surface area (Å²) in [5.74, 6) is -0.0597. The third kappa shape index (κ3) is 3.78. The van der Waals surface area contributed by atoms with Crippen molar-refractivity contribution in [3.8, 4) is 0 Å². The second-order valence-corrected chi connectivity index (χ2v) is 5.08. The Morgan fingerprint density at radius 2 is 2.05 bits per heavy atom. The minimum Gasteiger partial charge on any atom is -0.354 e. The molecule has 0 aliphatic heterocycles. The van der Waals surface area contributed by atoms with Gasteiger partial charge in [-0.05, 0) is 20.8 Å². The molecule has 0 radical (unpaired) electrons. The summed E-state index contributed by atoms with van der Waals surface area (Å²) in [6.45, 7) is 6.71. The highest BCUT2D eigenvalue weighted by molar-refractivity contribution is 5.96. The highest BCUT2D eigenvalue weighted by Gasteiger charge is 2.15. The van der Waals surface area contributed by atoms with Crippen LogP contribution in [0.15, 0.2) is 12.7 Å². The van der Waals surface area contributed by atoms with Crippen LogP contribution in [0.25, 0.3) is 0 Å². The lowest BCUT2D eigenvalue weighted by Crippen LogP contribution is -2.28. The molecule has 118 valence electrons. The average molecular weight is 304 g/mol. The van der Waals surface area contributed by atoms with Crippen LogP contribution in [0, 0.1) is 13.8 Å². The summed E-state index contributed by atoms with van der Waals surface area (Å²) in [6, 6.07) is 0. The van der Waals surface area contributed by atoms with E-state index in [9.17, 15) is 9.59 Å². The highest BCUT2D eigenvalue weighted by Crippen LogP contribution is 2.13. The third-order valence-corrected chi connectivity index (χ3v) is 3.41. The lowest BCUT2D eigenvalue weighted by Gasteiger charge is -2.07. The van der Waals surface area contributed by atoms with Gasteiger partial charge in [-0.1, -0.05) is 0 Å². The number of rotatable bonds is 7. The van der Waals surface area contributed by atoms with Gasteiger partial charge in [0.1, 0.15) is 12.7 Å². The second kappa shape index (κ2) is 6.97. The van der Waals surface area contributed by atoms with Crippen LogP contribution in [-0.4, -0.2) is 42.8 Å². The minimum atomic E-state index is -0.0583. The van der Waals surface area contributed by atoms with E-state index >= 15 is 0 Å². The molecule has 0 aromatic carbocycles. The molecule has 2 heterocycles. The molecule has 0 fully saturated rings. The molecule has 1 N–H and O–H groups in total. The van der Waals surface area contributed by atoms with Gasteiger partial charge in [-0.15, -0.1) is 0 Å². The Hall–Kier alpha value is -2.51. The molecule has 0 aliphatic rings. The van der Waals surface area contributed by atoms with Gasteiger partial charge in [0.2, 0.25) is 5.91 Å². The van der Waals surface area contributed by atoms with Crippen LogP contribution in [0.5, 0.6) is 0 Å². The topological polar surface area (TPSA) is 94.7 Å². The molecule has 8 heteroatoms. The fourth-order valence-electron chi connectivity index (χ4n) is 2.38. The first-order valence-corrected chi connectivity index (χ1v) is 7.13. The summed E-state index contributed by atoms with van der Waals surface area (Å²) in [4.78, 5) is 27.2. The monoisotopic (exact) mass is 304 g/mol. The normalized spacial score (nSPS) is 10.7. The number of nitrogens with zero attached hydrogens (tertiary/aromatic N) is 5. The van der Waals surface area contributed by atoms with Gasteiger partial charge >= 0.3 is 0 Å². The van der Waals surface area contributed by atoms with Crippen LogP contribution in [-0.2, 0) is 17.9 Å². The zero-order chi connectivity index (χ0) is 16.1. The van der Waals surface area contributed by atoms with Crippen LogP contribution >= 0.6 is 0 Å². The molecule has 0 saturated carbocycles. The number of hydrogen-bond donors (Lipinski definition) is 1. The molecule has 2 aromatic heterocycles. The zero-order valence-electron chi connectivity index (χ0n) is 13.0. The Labute approximate surface area is 128 Å². The van der Waals surface area contributed by atoms with Gasteiger partial charge in [0.05, 0.1) is 17.8 Å². The van der Waals surface area contributed by atoms with Crippen molar-refractivity contribution in [2.24, 2.45) is 0 Å². The van der Waals surface area contributed by atoms with Gasteiger partial charge < -0.3 is 5.32 Å². The molecule has 0 atom stereocenters. The highest BCUT2D eigenvalue weighted by atomic mass is 16.1. The van der Waals surface area contributed by atoms with Gasteiger partial charge in [0, 0.05) is 25.2 Å². The van der Waals surface area contributed by atoms with Gasteiger partial charge in [-0.2, -0.15) is 10.2 Å². The second-order valence-electron chi connectivity index (χ2n) is 5.08. The maximum Gasteiger partial charge on any atom is 0.221 e. The van der Waals surface area contributed by atoms with Crippen LogP contribution in [0.4, 0.5) is 0 Å². The number of hydrogen-bond acceptors (Lipinski definition) is 5. The number of aryl methyl sites for hydroxylation is 2. The van der Waals surface area contributed by atoms with Crippen molar-refractivity contribution in [3.63, 3.8) is 0 Å². The molecular weight excluding hydrogens is 284 g/mol. The standard InChI is InChI=1S/C14H20N6O2/c1-10-14(12(3)21)11(2)20(18-10)6-4-13(22)16-5-7-19-9-15-8-17-19/h8-9H,4-7H2,1-3H3,(H,16,22). The molecule has 0 unspecified atom stereocenters. The van der Waals surface area contributed by atoms with Crippen LogP contribution in [0.2, 0.25) is 0 Å². The van der Waals surface area contributed by atoms with E-state index in [0.717, 1.165) is 5.69 Å². The number of ketones is 1. The summed E-state index contributed by atoms with van der Waals surface area (Å²) in [7, 11) is 0. The van der Waals surface area contributed by atoms with Gasteiger partial charge in [-0.25, -0.2) is 4.98 Å². The predicted octanol–water partition coefficient (Wildman–Crippen LogP) is 0.501. The first-order valence-electron chi connectivity index (χ1n) is 7.13. The van der Waals surface area contributed by atoms with Crippen molar-refractivity contribution >= 4 is 11.7 Å². The minimum absolute atomic E-state index is 0.00136. The first kappa shape index (κ1) is 15.9. The maximum absolute atomic E-state index is 11.8. The fraction of sp³-hybridized carbons (Fsp3) is 0.500. The van der Waals surface area contributed by atoms with Gasteiger partial charge in [-0.3, -0.25) is 19.0 Å². The summed E-state index contributed by atoms with van der Waals surface area (Å²) in [5.41, 5.74) is 2.16. The van der Waals surface area contributed by atoms with Crippen molar-refractivity contribution in [2.45, 2.75) is 40.3 Å². The Morgan fingerprint density at radius 3 is 2.64 bits per heavy atom. The smallest absolute Gasteiger partial charge is 0.221 e. The van der Waals surface area contributed by atoms with E-state index in [2.05, 4.69) is 20.5 Å². The average Bonchev–Trinajstić information content (AvgIpc) is 3.05. The van der Waals surface area contributed by atoms with E-state index in [1.807, 2.05) is 6.92 Å². The van der Waals surface area contributed by atoms with Gasteiger partial charge in [0.15, 0.2) is 5.78 Å². The number of amides is 1. The molecule has 8 nitrogen and oxygen atoms in total.